The predicted octanol–water partition coefficient (Wildman–Crippen LogP) is 5.14. The van der Waals surface area contributed by atoms with Crippen molar-refractivity contribution in [3.63, 3.8) is 0 Å². The van der Waals surface area contributed by atoms with Gasteiger partial charge in [-0.2, -0.15) is 0 Å². The van der Waals surface area contributed by atoms with Crippen molar-refractivity contribution in [2.45, 2.75) is 84.0 Å². The number of hydrogen-bond acceptors (Lipinski definition) is 3. The van der Waals surface area contributed by atoms with E-state index in [4.69, 9.17) is 0 Å². The van der Waals surface area contributed by atoms with Gasteiger partial charge >= 0.3 is 11.9 Å². The lowest BCUT2D eigenvalue weighted by atomic mass is 9.63. The second kappa shape index (κ2) is 11.0. The zero-order chi connectivity index (χ0) is 20.4. The first-order valence-corrected chi connectivity index (χ1v) is 10.1. The third-order valence-corrected chi connectivity index (χ3v) is 5.42. The molecule has 152 valence electrons. The maximum Gasteiger partial charge on any atom is 0.318 e. The average molecular weight is 379 g/mol. The first-order valence-electron chi connectivity index (χ1n) is 10.1. The number of benzene rings is 1. The number of aromatic hydroxyl groups is 1. The lowest BCUT2D eigenvalue weighted by Gasteiger charge is -2.39. The molecule has 0 unspecified atom stereocenters. The monoisotopic (exact) mass is 378 g/mol. The van der Waals surface area contributed by atoms with Crippen LogP contribution in [0.15, 0.2) is 18.2 Å². The van der Waals surface area contributed by atoms with Crippen LogP contribution in [0.5, 0.6) is 5.75 Å². The Morgan fingerprint density at radius 2 is 1.44 bits per heavy atom. The van der Waals surface area contributed by atoms with Gasteiger partial charge in [-0.15, -0.1) is 0 Å². The summed E-state index contributed by atoms with van der Waals surface area (Å²) in [5.74, 6) is -3.94. The van der Waals surface area contributed by atoms with Gasteiger partial charge in [0.05, 0.1) is 0 Å². The molecule has 1 aromatic carbocycles. The number of phenols is 1. The molecule has 0 saturated heterocycles. The Morgan fingerprint density at radius 3 is 1.89 bits per heavy atom. The zero-order valence-electron chi connectivity index (χ0n) is 16.8. The molecule has 0 aliphatic carbocycles. The third kappa shape index (κ3) is 5.72. The van der Waals surface area contributed by atoms with E-state index >= 15 is 0 Å². The largest absolute Gasteiger partial charge is 0.508 e. The van der Waals surface area contributed by atoms with Crippen molar-refractivity contribution in [1.82, 2.24) is 0 Å². The Balaban J connectivity index is 3.68. The van der Waals surface area contributed by atoms with Crippen LogP contribution in [-0.2, 0) is 21.4 Å². The number of carboxylic acids is 2. The molecule has 0 bridgehead atoms. The van der Waals surface area contributed by atoms with Crippen LogP contribution in [0.2, 0.25) is 0 Å². The molecule has 0 atom stereocenters. The van der Waals surface area contributed by atoms with E-state index in [2.05, 4.69) is 6.92 Å². The molecule has 0 fully saturated rings. The lowest BCUT2D eigenvalue weighted by molar-refractivity contribution is -0.159. The van der Waals surface area contributed by atoms with E-state index in [1.54, 1.807) is 18.2 Å². The number of unbranched alkanes of at least 4 members (excludes halogenated alkanes) is 3. The molecule has 0 saturated carbocycles. The van der Waals surface area contributed by atoms with Crippen LogP contribution in [0, 0.1) is 5.92 Å². The van der Waals surface area contributed by atoms with Gasteiger partial charge in [-0.1, -0.05) is 58.9 Å². The topological polar surface area (TPSA) is 94.8 Å². The SMILES string of the molecule is CCCCc1cc(O)ccc1C(CCCC)(CCCC)C(C(=O)O)C(=O)O. The van der Waals surface area contributed by atoms with Gasteiger partial charge in [-0.25, -0.2) is 0 Å². The van der Waals surface area contributed by atoms with Gasteiger partial charge < -0.3 is 15.3 Å². The van der Waals surface area contributed by atoms with Gasteiger partial charge in [0.25, 0.3) is 0 Å². The van der Waals surface area contributed by atoms with Crippen LogP contribution in [-0.4, -0.2) is 27.3 Å². The number of rotatable bonds is 13. The highest BCUT2D eigenvalue weighted by Gasteiger charge is 2.49. The maximum atomic E-state index is 12.0. The second-order valence-electron chi connectivity index (χ2n) is 7.42. The number of phenolic OH excluding ortho intramolecular Hbond substituents is 1. The molecular formula is C22H34O5. The predicted molar refractivity (Wildman–Crippen MR) is 106 cm³/mol. The van der Waals surface area contributed by atoms with Crippen molar-refractivity contribution in [1.29, 1.82) is 0 Å². The van der Waals surface area contributed by atoms with E-state index < -0.39 is 23.3 Å². The van der Waals surface area contributed by atoms with Crippen LogP contribution >= 0.6 is 0 Å². The molecule has 0 amide bonds. The Bertz CT molecular complexity index is 601. The Hall–Kier alpha value is -2.04. The Kier molecular flexibility index (Phi) is 9.33. The molecule has 0 aliphatic rings. The van der Waals surface area contributed by atoms with Crippen molar-refractivity contribution in [2.24, 2.45) is 5.92 Å². The second-order valence-corrected chi connectivity index (χ2v) is 7.42. The van der Waals surface area contributed by atoms with Gasteiger partial charge in [0.2, 0.25) is 0 Å². The molecule has 0 heterocycles. The summed E-state index contributed by atoms with van der Waals surface area (Å²) in [6, 6.07) is 4.99. The molecule has 1 rings (SSSR count). The molecule has 0 aliphatic heterocycles. The molecular weight excluding hydrogens is 344 g/mol. The van der Waals surface area contributed by atoms with Gasteiger partial charge in [0.15, 0.2) is 5.92 Å². The van der Waals surface area contributed by atoms with E-state index in [1.165, 1.54) is 0 Å². The highest BCUT2D eigenvalue weighted by Crippen LogP contribution is 2.45. The van der Waals surface area contributed by atoms with E-state index in [1.807, 2.05) is 13.8 Å². The minimum atomic E-state index is -1.50. The molecule has 0 radical (unpaired) electrons. The van der Waals surface area contributed by atoms with Crippen LogP contribution < -0.4 is 0 Å². The lowest BCUT2D eigenvalue weighted by Crippen LogP contribution is -2.45. The molecule has 0 spiro atoms. The normalized spacial score (nSPS) is 11.7. The van der Waals surface area contributed by atoms with E-state index in [9.17, 15) is 24.9 Å². The summed E-state index contributed by atoms with van der Waals surface area (Å²) in [4.78, 5) is 24.1. The third-order valence-electron chi connectivity index (χ3n) is 5.42. The molecule has 5 heteroatoms. The number of aryl methyl sites for hydroxylation is 1. The summed E-state index contributed by atoms with van der Waals surface area (Å²) in [5.41, 5.74) is 0.683. The highest BCUT2D eigenvalue weighted by molar-refractivity contribution is 5.95. The van der Waals surface area contributed by atoms with Gasteiger partial charge in [0, 0.05) is 5.41 Å². The fourth-order valence-corrected chi connectivity index (χ4v) is 4.04. The van der Waals surface area contributed by atoms with Gasteiger partial charge in [-0.05, 0) is 48.9 Å². The number of aliphatic carboxylic acids is 2. The standard InChI is InChI=1S/C22H34O5/c1-4-7-10-16-15-17(23)11-12-18(16)22(13-8-5-2,14-9-6-3)19(20(24)25)21(26)27/h11-12,15,19,23H,4-10,13-14H2,1-3H3,(H,24,25)(H,26,27). The van der Waals surface area contributed by atoms with Crippen molar-refractivity contribution in [2.75, 3.05) is 0 Å². The van der Waals surface area contributed by atoms with E-state index in [0.29, 0.717) is 19.3 Å². The first kappa shape index (κ1) is 23.0. The summed E-state index contributed by atoms with van der Waals surface area (Å²) >= 11 is 0. The Labute approximate surface area is 162 Å². The molecule has 0 aromatic heterocycles. The van der Waals surface area contributed by atoms with Crippen molar-refractivity contribution >= 4 is 11.9 Å². The van der Waals surface area contributed by atoms with Gasteiger partial charge in [0.1, 0.15) is 5.75 Å². The van der Waals surface area contributed by atoms with E-state index in [-0.39, 0.29) is 5.75 Å². The van der Waals surface area contributed by atoms with Crippen LogP contribution in [0.1, 0.15) is 83.3 Å². The van der Waals surface area contributed by atoms with Crippen LogP contribution in [0.25, 0.3) is 0 Å². The van der Waals surface area contributed by atoms with E-state index in [0.717, 1.165) is 49.7 Å². The van der Waals surface area contributed by atoms with Crippen molar-refractivity contribution < 1.29 is 24.9 Å². The number of carbonyl (C=O) groups is 2. The average Bonchev–Trinajstić information content (AvgIpc) is 2.61. The number of carboxylic acid groups (broad SMARTS) is 2. The molecule has 27 heavy (non-hydrogen) atoms. The zero-order valence-corrected chi connectivity index (χ0v) is 16.8. The highest BCUT2D eigenvalue weighted by atomic mass is 16.4. The van der Waals surface area contributed by atoms with Gasteiger partial charge in [-0.3, -0.25) is 9.59 Å². The molecule has 5 nitrogen and oxygen atoms in total. The fourth-order valence-electron chi connectivity index (χ4n) is 4.04. The summed E-state index contributed by atoms with van der Waals surface area (Å²) in [7, 11) is 0. The maximum absolute atomic E-state index is 12.0. The first-order chi connectivity index (χ1) is 12.8. The minimum Gasteiger partial charge on any atom is -0.508 e. The minimum absolute atomic E-state index is 0.131. The van der Waals surface area contributed by atoms with Crippen LogP contribution in [0.3, 0.4) is 0 Å². The van der Waals surface area contributed by atoms with Crippen LogP contribution in [0.4, 0.5) is 0 Å². The molecule has 1 aromatic rings. The Morgan fingerprint density at radius 1 is 0.926 bits per heavy atom. The fraction of sp³-hybridized carbons (Fsp3) is 0.636. The summed E-state index contributed by atoms with van der Waals surface area (Å²) in [5, 5.41) is 29.6. The summed E-state index contributed by atoms with van der Waals surface area (Å²) in [6.45, 7) is 6.12. The molecule has 3 N–H and O–H groups in total. The quantitative estimate of drug-likeness (QED) is 0.413. The summed E-state index contributed by atoms with van der Waals surface area (Å²) < 4.78 is 0. The smallest absolute Gasteiger partial charge is 0.318 e. The number of hydrogen-bond donors (Lipinski definition) is 3. The van der Waals surface area contributed by atoms with Crippen molar-refractivity contribution in [3.05, 3.63) is 29.3 Å². The summed E-state index contributed by atoms with van der Waals surface area (Å²) in [6.07, 6.45) is 6.83. The van der Waals surface area contributed by atoms with Crippen molar-refractivity contribution in [3.8, 4) is 5.75 Å².